The number of fused-ring (bicyclic) bond motifs is 1. The Morgan fingerprint density at radius 2 is 1.53 bits per heavy atom. The lowest BCUT2D eigenvalue weighted by Crippen LogP contribution is -2.44. The Morgan fingerprint density at radius 1 is 0.816 bits per heavy atom. The quantitative estimate of drug-likeness (QED) is 0.296. The molecule has 5 nitrogen and oxygen atoms in total. The van der Waals surface area contributed by atoms with Crippen LogP contribution in [0.4, 0.5) is 0 Å². The third kappa shape index (κ3) is 4.83. The van der Waals surface area contributed by atoms with E-state index in [-0.39, 0.29) is 23.8 Å². The van der Waals surface area contributed by atoms with Crippen molar-refractivity contribution in [1.29, 1.82) is 0 Å². The fourth-order valence-corrected chi connectivity index (χ4v) is 6.23. The Labute approximate surface area is 228 Å². The van der Waals surface area contributed by atoms with E-state index in [2.05, 4.69) is 33.7 Å². The number of benzene rings is 3. The maximum absolute atomic E-state index is 13.8. The van der Waals surface area contributed by atoms with Gasteiger partial charge in [0, 0.05) is 48.0 Å². The van der Waals surface area contributed by atoms with Gasteiger partial charge in [-0.3, -0.25) is 9.59 Å². The molecule has 4 aromatic rings. The van der Waals surface area contributed by atoms with Crippen molar-refractivity contribution in [2.45, 2.75) is 38.3 Å². The van der Waals surface area contributed by atoms with Gasteiger partial charge in [-0.25, -0.2) is 0 Å². The van der Waals surface area contributed by atoms with Crippen LogP contribution >= 0.6 is 11.6 Å². The first-order valence-electron chi connectivity index (χ1n) is 13.6. The van der Waals surface area contributed by atoms with Gasteiger partial charge in [0.25, 0.3) is 5.91 Å². The smallest absolute Gasteiger partial charge is 0.270 e. The van der Waals surface area contributed by atoms with Crippen LogP contribution in [0.5, 0.6) is 0 Å². The average Bonchev–Trinajstić information content (AvgIpc) is 3.60. The van der Waals surface area contributed by atoms with E-state index in [1.54, 1.807) is 0 Å². The molecule has 2 aliphatic rings. The fourth-order valence-electron chi connectivity index (χ4n) is 6.11. The van der Waals surface area contributed by atoms with Crippen molar-refractivity contribution >= 4 is 34.3 Å². The first kappa shape index (κ1) is 24.7. The average molecular weight is 526 g/mol. The summed E-state index contributed by atoms with van der Waals surface area (Å²) in [6.45, 7) is 2.61. The van der Waals surface area contributed by atoms with Crippen molar-refractivity contribution in [2.75, 3.05) is 19.6 Å². The molecule has 38 heavy (non-hydrogen) atoms. The number of para-hydroxylation sites is 1. The summed E-state index contributed by atoms with van der Waals surface area (Å²) in [5.74, 6) is 0.257. The molecule has 6 rings (SSSR count). The molecule has 1 aromatic heterocycles. The number of carbonyl (C=O) groups is 2. The molecule has 0 bridgehead atoms. The molecule has 0 radical (unpaired) electrons. The van der Waals surface area contributed by atoms with Gasteiger partial charge in [0.15, 0.2) is 0 Å². The van der Waals surface area contributed by atoms with Crippen molar-refractivity contribution in [3.8, 4) is 0 Å². The zero-order valence-electron chi connectivity index (χ0n) is 21.4. The standard InChI is InChI=1S/C32H32ClN3O2/c33-27-14-12-23(13-15-27)22-36-29-10-5-4-9-26(29)21-30(36)32(38)34-19-16-25(17-20-34)31(37)35-18-6-11-28(35)24-7-2-1-3-8-24/h1-5,7-10,12-15,21,25,28H,6,11,16-20,22H2. The van der Waals surface area contributed by atoms with Gasteiger partial charge in [0.2, 0.25) is 5.91 Å². The second-order valence-electron chi connectivity index (χ2n) is 10.5. The zero-order valence-corrected chi connectivity index (χ0v) is 22.2. The molecule has 0 aliphatic carbocycles. The van der Waals surface area contributed by atoms with Crippen molar-refractivity contribution in [3.63, 3.8) is 0 Å². The highest BCUT2D eigenvalue weighted by Crippen LogP contribution is 2.35. The van der Waals surface area contributed by atoms with E-state index >= 15 is 0 Å². The van der Waals surface area contributed by atoms with Crippen LogP contribution in [-0.4, -0.2) is 45.8 Å². The molecular weight excluding hydrogens is 494 g/mol. The minimum atomic E-state index is -0.0247. The van der Waals surface area contributed by atoms with Gasteiger partial charge < -0.3 is 14.4 Å². The van der Waals surface area contributed by atoms with Crippen LogP contribution in [0.3, 0.4) is 0 Å². The van der Waals surface area contributed by atoms with E-state index in [1.165, 1.54) is 5.56 Å². The lowest BCUT2D eigenvalue weighted by molar-refractivity contribution is -0.137. The Balaban J connectivity index is 1.17. The Bertz CT molecular complexity index is 1440. The Kier molecular flexibility index (Phi) is 6.94. The van der Waals surface area contributed by atoms with Gasteiger partial charge in [-0.2, -0.15) is 0 Å². The number of likely N-dealkylation sites (tertiary alicyclic amines) is 2. The van der Waals surface area contributed by atoms with Gasteiger partial charge in [-0.15, -0.1) is 0 Å². The molecule has 0 saturated carbocycles. The topological polar surface area (TPSA) is 45.6 Å². The third-order valence-corrected chi connectivity index (χ3v) is 8.39. The fraction of sp³-hybridized carbons (Fsp3) is 0.312. The number of hydrogen-bond acceptors (Lipinski definition) is 2. The van der Waals surface area contributed by atoms with Crippen LogP contribution in [0.15, 0.2) is 84.9 Å². The number of rotatable bonds is 5. The SMILES string of the molecule is O=C(c1cc2ccccc2n1Cc1ccc(Cl)cc1)N1CCC(C(=O)N2CCCC2c2ccccc2)CC1. The van der Waals surface area contributed by atoms with E-state index in [0.717, 1.165) is 35.9 Å². The zero-order chi connectivity index (χ0) is 26.1. The number of amides is 2. The number of piperidine rings is 1. The molecule has 1 unspecified atom stereocenters. The summed E-state index contributed by atoms with van der Waals surface area (Å²) < 4.78 is 2.10. The van der Waals surface area contributed by atoms with E-state index in [4.69, 9.17) is 11.6 Å². The van der Waals surface area contributed by atoms with Gasteiger partial charge in [-0.05, 0) is 61.1 Å². The van der Waals surface area contributed by atoms with E-state index in [1.807, 2.05) is 65.6 Å². The van der Waals surface area contributed by atoms with Crippen LogP contribution < -0.4 is 0 Å². The summed E-state index contributed by atoms with van der Waals surface area (Å²) >= 11 is 6.09. The van der Waals surface area contributed by atoms with Crippen molar-refractivity contribution in [2.24, 2.45) is 5.92 Å². The number of carbonyl (C=O) groups excluding carboxylic acids is 2. The summed E-state index contributed by atoms with van der Waals surface area (Å²) in [5, 5.41) is 1.75. The van der Waals surface area contributed by atoms with Crippen molar-refractivity contribution in [1.82, 2.24) is 14.4 Å². The highest BCUT2D eigenvalue weighted by atomic mass is 35.5. The highest BCUT2D eigenvalue weighted by molar-refractivity contribution is 6.30. The number of nitrogens with zero attached hydrogens (tertiary/aromatic N) is 3. The first-order valence-corrected chi connectivity index (χ1v) is 13.9. The van der Waals surface area contributed by atoms with Crippen LogP contribution in [0.25, 0.3) is 10.9 Å². The lowest BCUT2D eigenvalue weighted by Gasteiger charge is -2.35. The van der Waals surface area contributed by atoms with Gasteiger partial charge in [0.05, 0.1) is 6.04 Å². The molecule has 2 amide bonds. The van der Waals surface area contributed by atoms with E-state index in [9.17, 15) is 9.59 Å². The van der Waals surface area contributed by atoms with Crippen molar-refractivity contribution < 1.29 is 9.59 Å². The maximum atomic E-state index is 13.8. The van der Waals surface area contributed by atoms with Crippen molar-refractivity contribution in [3.05, 3.63) is 107 Å². The molecule has 1 atom stereocenters. The predicted molar refractivity (Wildman–Crippen MR) is 151 cm³/mol. The monoisotopic (exact) mass is 525 g/mol. The number of aromatic nitrogens is 1. The Hall–Kier alpha value is -3.57. The van der Waals surface area contributed by atoms with Crippen LogP contribution in [-0.2, 0) is 11.3 Å². The molecule has 2 fully saturated rings. The summed E-state index contributed by atoms with van der Waals surface area (Å²) in [4.78, 5) is 31.3. The van der Waals surface area contributed by atoms with E-state index < -0.39 is 0 Å². The molecule has 3 heterocycles. The predicted octanol–water partition coefficient (Wildman–Crippen LogP) is 6.56. The van der Waals surface area contributed by atoms with Gasteiger partial charge in [0.1, 0.15) is 5.69 Å². The number of halogens is 1. The second-order valence-corrected chi connectivity index (χ2v) is 10.9. The van der Waals surface area contributed by atoms with Gasteiger partial charge in [-0.1, -0.05) is 72.3 Å². The maximum Gasteiger partial charge on any atom is 0.270 e. The molecule has 194 valence electrons. The molecule has 0 N–H and O–H groups in total. The summed E-state index contributed by atoms with van der Waals surface area (Å²) in [6, 6.07) is 28.4. The van der Waals surface area contributed by atoms with Crippen LogP contribution in [0.2, 0.25) is 5.02 Å². The third-order valence-electron chi connectivity index (χ3n) is 8.14. The molecule has 2 aliphatic heterocycles. The minimum absolute atomic E-state index is 0.0247. The van der Waals surface area contributed by atoms with Crippen LogP contribution in [0.1, 0.15) is 53.3 Å². The minimum Gasteiger partial charge on any atom is -0.337 e. The number of hydrogen-bond donors (Lipinski definition) is 0. The molecule has 3 aromatic carbocycles. The largest absolute Gasteiger partial charge is 0.337 e. The molecular formula is C32H32ClN3O2. The summed E-state index contributed by atoms with van der Waals surface area (Å²) in [6.07, 6.45) is 3.48. The summed E-state index contributed by atoms with van der Waals surface area (Å²) in [5.41, 5.74) is 4.04. The normalized spacial score (nSPS) is 18.3. The molecule has 2 saturated heterocycles. The second kappa shape index (κ2) is 10.7. The van der Waals surface area contributed by atoms with Gasteiger partial charge >= 0.3 is 0 Å². The molecule has 6 heteroatoms. The highest BCUT2D eigenvalue weighted by Gasteiger charge is 2.36. The first-order chi connectivity index (χ1) is 18.6. The van der Waals surface area contributed by atoms with E-state index in [0.29, 0.717) is 43.2 Å². The summed E-state index contributed by atoms with van der Waals surface area (Å²) in [7, 11) is 0. The Morgan fingerprint density at radius 3 is 2.29 bits per heavy atom. The molecule has 0 spiro atoms. The lowest BCUT2D eigenvalue weighted by atomic mass is 9.94. The van der Waals surface area contributed by atoms with Crippen LogP contribution in [0, 0.1) is 5.92 Å².